The molecule has 2 rings (SSSR count). The van der Waals surface area contributed by atoms with Crippen molar-refractivity contribution >= 4 is 5.91 Å². The topological polar surface area (TPSA) is 57.1 Å². The van der Waals surface area contributed by atoms with Crippen LogP contribution in [0.4, 0.5) is 0 Å². The summed E-state index contributed by atoms with van der Waals surface area (Å²) in [6.45, 7) is 9.66. The maximum absolute atomic E-state index is 12.1. The fourth-order valence-electron chi connectivity index (χ4n) is 3.24. The lowest BCUT2D eigenvalue weighted by molar-refractivity contribution is -0.122. The third-order valence-electron chi connectivity index (χ3n) is 5.04. The van der Waals surface area contributed by atoms with Gasteiger partial charge >= 0.3 is 0 Å². The first-order chi connectivity index (χ1) is 10.9. The van der Waals surface area contributed by atoms with Crippen molar-refractivity contribution in [1.29, 1.82) is 0 Å². The molecule has 2 heterocycles. The molecule has 0 radical (unpaired) electrons. The molecule has 5 heteroatoms. The smallest absolute Gasteiger partial charge is 0.220 e. The van der Waals surface area contributed by atoms with Crippen LogP contribution in [-0.2, 0) is 4.79 Å². The maximum atomic E-state index is 12.1. The molecule has 0 aromatic rings. The normalized spacial score (nSPS) is 23.3. The Kier molecular flexibility index (Phi) is 5.80. The van der Waals surface area contributed by atoms with Crippen molar-refractivity contribution in [1.82, 2.24) is 10.2 Å². The van der Waals surface area contributed by atoms with E-state index in [0.29, 0.717) is 25.8 Å². The van der Waals surface area contributed by atoms with E-state index < -0.39 is 0 Å². The second-order valence-corrected chi connectivity index (χ2v) is 7.67. The summed E-state index contributed by atoms with van der Waals surface area (Å²) in [5.41, 5.74) is -0.360. The van der Waals surface area contributed by atoms with E-state index in [-0.39, 0.29) is 17.1 Å². The summed E-state index contributed by atoms with van der Waals surface area (Å²) in [5.74, 6) is 3.44. The minimum atomic E-state index is -0.360. The molecule has 0 aromatic carbocycles. The fraction of sp³-hybridized carbons (Fsp3) is 0.833. The molecule has 0 saturated carbocycles. The summed E-state index contributed by atoms with van der Waals surface area (Å²) in [6, 6.07) is 0. The van der Waals surface area contributed by atoms with Gasteiger partial charge in [-0.15, -0.1) is 12.3 Å². The van der Waals surface area contributed by atoms with E-state index in [0.717, 1.165) is 25.4 Å². The molecule has 23 heavy (non-hydrogen) atoms. The van der Waals surface area contributed by atoms with Gasteiger partial charge in [-0.3, -0.25) is 9.69 Å². The molecule has 2 aliphatic rings. The predicted octanol–water partition coefficient (Wildman–Crippen LogP) is 2.97. The van der Waals surface area contributed by atoms with E-state index in [1.54, 1.807) is 0 Å². The molecule has 0 aliphatic carbocycles. The van der Waals surface area contributed by atoms with Gasteiger partial charge in [-0.1, -0.05) is 6.92 Å². The first-order valence-corrected chi connectivity index (χ1v) is 8.76. The summed E-state index contributed by atoms with van der Waals surface area (Å²) in [4.78, 5) is 14.6. The first kappa shape index (κ1) is 17.9. The quantitative estimate of drug-likeness (QED) is 0.700. The number of piperidine rings is 1. The van der Waals surface area contributed by atoms with Gasteiger partial charge in [0.25, 0.3) is 0 Å². The molecule has 0 spiro atoms. The molecule has 0 bridgehead atoms. The van der Waals surface area contributed by atoms with Crippen LogP contribution in [0.15, 0.2) is 10.2 Å². The Morgan fingerprint density at radius 3 is 2.78 bits per heavy atom. The Morgan fingerprint density at radius 1 is 1.43 bits per heavy atom. The van der Waals surface area contributed by atoms with E-state index in [1.807, 2.05) is 0 Å². The summed E-state index contributed by atoms with van der Waals surface area (Å²) >= 11 is 0. The third kappa shape index (κ3) is 5.31. The lowest BCUT2D eigenvalue weighted by Gasteiger charge is -2.43. The number of likely N-dealkylation sites (tertiary alicyclic amines) is 1. The zero-order chi connectivity index (χ0) is 16.9. The number of terminal acetylenes is 1. The van der Waals surface area contributed by atoms with Crippen molar-refractivity contribution in [3.63, 3.8) is 0 Å². The average Bonchev–Trinajstić information content (AvgIpc) is 3.29. The molecule has 1 atom stereocenters. The largest absolute Gasteiger partial charge is 0.354 e. The van der Waals surface area contributed by atoms with Crippen LogP contribution in [0.3, 0.4) is 0 Å². The van der Waals surface area contributed by atoms with Crippen LogP contribution in [0, 0.1) is 18.3 Å². The van der Waals surface area contributed by atoms with Crippen molar-refractivity contribution in [2.45, 2.75) is 70.5 Å². The lowest BCUT2D eigenvalue weighted by atomic mass is 9.93. The molecule has 1 fully saturated rings. The lowest BCUT2D eigenvalue weighted by Crippen LogP contribution is -2.54. The summed E-state index contributed by atoms with van der Waals surface area (Å²) in [6.07, 6.45) is 10.4. The van der Waals surface area contributed by atoms with Crippen molar-refractivity contribution < 1.29 is 4.79 Å². The van der Waals surface area contributed by atoms with Gasteiger partial charge in [0.2, 0.25) is 5.91 Å². The van der Waals surface area contributed by atoms with Gasteiger partial charge in [0.1, 0.15) is 0 Å². The van der Waals surface area contributed by atoms with E-state index in [2.05, 4.69) is 47.1 Å². The van der Waals surface area contributed by atoms with Gasteiger partial charge in [0.15, 0.2) is 5.66 Å². The SMILES string of the molecule is C#CCCC1(CCC(=O)NCC(C)(C)N2CCCC(C)C2)N=N1. The van der Waals surface area contributed by atoms with Gasteiger partial charge in [0.05, 0.1) is 0 Å². The van der Waals surface area contributed by atoms with Crippen LogP contribution in [0.2, 0.25) is 0 Å². The number of amides is 1. The molecule has 128 valence electrons. The van der Waals surface area contributed by atoms with Crippen LogP contribution >= 0.6 is 0 Å². The van der Waals surface area contributed by atoms with Gasteiger partial charge in [-0.05, 0) is 39.2 Å². The molecular weight excluding hydrogens is 288 g/mol. The van der Waals surface area contributed by atoms with Crippen molar-refractivity contribution in [2.24, 2.45) is 16.1 Å². The number of carbonyl (C=O) groups is 1. The van der Waals surface area contributed by atoms with Gasteiger partial charge in [-0.25, -0.2) is 0 Å². The van der Waals surface area contributed by atoms with Crippen molar-refractivity contribution in [3.05, 3.63) is 0 Å². The van der Waals surface area contributed by atoms with E-state index in [9.17, 15) is 4.79 Å². The number of nitrogens with zero attached hydrogens (tertiary/aromatic N) is 3. The molecule has 0 aromatic heterocycles. The van der Waals surface area contributed by atoms with Crippen LogP contribution < -0.4 is 5.32 Å². The van der Waals surface area contributed by atoms with Crippen molar-refractivity contribution in [2.75, 3.05) is 19.6 Å². The first-order valence-electron chi connectivity index (χ1n) is 8.76. The Morgan fingerprint density at radius 2 is 2.17 bits per heavy atom. The number of rotatable bonds is 8. The maximum Gasteiger partial charge on any atom is 0.220 e. The Bertz CT molecular complexity index is 486. The highest BCUT2D eigenvalue weighted by atomic mass is 16.1. The molecule has 1 unspecified atom stereocenters. The van der Waals surface area contributed by atoms with Crippen LogP contribution in [0.25, 0.3) is 0 Å². The standard InChI is InChI=1S/C18H30N4O/c1-5-6-10-18(20-21-18)11-9-16(23)19-14-17(3,4)22-12-7-8-15(2)13-22/h1,15H,6-14H2,2-4H3,(H,19,23). The van der Waals surface area contributed by atoms with Crippen LogP contribution in [-0.4, -0.2) is 41.6 Å². The van der Waals surface area contributed by atoms with Gasteiger partial charge in [-0.2, -0.15) is 10.2 Å². The molecular formula is C18H30N4O. The van der Waals surface area contributed by atoms with Gasteiger partial charge in [0, 0.05) is 44.3 Å². The monoisotopic (exact) mass is 318 g/mol. The fourth-order valence-corrected chi connectivity index (χ4v) is 3.24. The Balaban J connectivity index is 1.70. The summed E-state index contributed by atoms with van der Waals surface area (Å²) in [5, 5.41) is 11.2. The molecule has 1 saturated heterocycles. The zero-order valence-corrected chi connectivity index (χ0v) is 14.8. The molecule has 1 amide bonds. The molecule has 2 aliphatic heterocycles. The average molecular weight is 318 g/mol. The van der Waals surface area contributed by atoms with E-state index in [1.165, 1.54) is 12.8 Å². The minimum Gasteiger partial charge on any atom is -0.354 e. The van der Waals surface area contributed by atoms with Crippen molar-refractivity contribution in [3.8, 4) is 12.3 Å². The van der Waals surface area contributed by atoms with E-state index >= 15 is 0 Å². The molecule has 1 N–H and O–H groups in total. The van der Waals surface area contributed by atoms with E-state index in [4.69, 9.17) is 6.42 Å². The van der Waals surface area contributed by atoms with Crippen LogP contribution in [0.5, 0.6) is 0 Å². The van der Waals surface area contributed by atoms with Crippen LogP contribution in [0.1, 0.15) is 59.3 Å². The highest BCUT2D eigenvalue weighted by Crippen LogP contribution is 2.37. The number of hydrogen-bond acceptors (Lipinski definition) is 4. The third-order valence-corrected chi connectivity index (χ3v) is 5.04. The van der Waals surface area contributed by atoms with Gasteiger partial charge < -0.3 is 5.32 Å². The summed E-state index contributed by atoms with van der Waals surface area (Å²) in [7, 11) is 0. The highest BCUT2D eigenvalue weighted by Gasteiger charge is 2.39. The number of hydrogen-bond donors (Lipinski definition) is 1. The Labute approximate surface area is 140 Å². The highest BCUT2D eigenvalue weighted by molar-refractivity contribution is 5.76. The molecule has 5 nitrogen and oxygen atoms in total. The number of nitrogens with one attached hydrogen (secondary N) is 1. The Hall–Kier alpha value is -1.41. The zero-order valence-electron chi connectivity index (χ0n) is 14.8. The minimum absolute atomic E-state index is 0.000171. The number of carbonyl (C=O) groups excluding carboxylic acids is 1. The predicted molar refractivity (Wildman–Crippen MR) is 91.9 cm³/mol. The summed E-state index contributed by atoms with van der Waals surface area (Å²) < 4.78 is 0. The second-order valence-electron chi connectivity index (χ2n) is 7.67. The second kappa shape index (κ2) is 7.44.